The molecule has 1 aromatic heterocycles. The van der Waals surface area contributed by atoms with Crippen molar-refractivity contribution in [2.45, 2.75) is 6.92 Å². The standard InChI is InChI=1S/C34H30N4O2/c1-24(25-15-17-29(18-16-25)38-19-21-40-22-20-38)36-37-34(39)31-23-33(35-32-10-6-5-9-30(31)32)28-13-11-27(12-14-28)26-7-3-2-4-8-26/h2-18,23H,19-22H2,1H3,(H,37,39)/b36-24-. The van der Waals surface area contributed by atoms with E-state index in [1.54, 1.807) is 0 Å². The molecule has 6 nitrogen and oxygen atoms in total. The van der Waals surface area contributed by atoms with E-state index >= 15 is 0 Å². The van der Waals surface area contributed by atoms with Crippen LogP contribution in [-0.4, -0.2) is 42.9 Å². The highest BCUT2D eigenvalue weighted by molar-refractivity contribution is 6.08. The third-order valence-electron chi connectivity index (χ3n) is 7.24. The summed E-state index contributed by atoms with van der Waals surface area (Å²) in [6.07, 6.45) is 0. The quantitative estimate of drug-likeness (QED) is 0.201. The molecule has 6 heteroatoms. The first kappa shape index (κ1) is 25.5. The van der Waals surface area contributed by atoms with Crippen molar-refractivity contribution in [1.82, 2.24) is 10.4 Å². The van der Waals surface area contributed by atoms with E-state index in [0.29, 0.717) is 5.56 Å². The van der Waals surface area contributed by atoms with Crippen molar-refractivity contribution in [3.63, 3.8) is 0 Å². The number of nitrogens with zero attached hydrogens (tertiary/aromatic N) is 3. The molecule has 0 bridgehead atoms. The maximum absolute atomic E-state index is 13.4. The molecule has 0 aliphatic carbocycles. The number of nitrogens with one attached hydrogen (secondary N) is 1. The Morgan fingerprint density at radius 1 is 0.800 bits per heavy atom. The van der Waals surface area contributed by atoms with Gasteiger partial charge in [-0.05, 0) is 47.9 Å². The van der Waals surface area contributed by atoms with Crippen LogP contribution in [0.5, 0.6) is 0 Å². The molecule has 40 heavy (non-hydrogen) atoms. The summed E-state index contributed by atoms with van der Waals surface area (Å²) in [7, 11) is 0. The van der Waals surface area contributed by atoms with Gasteiger partial charge < -0.3 is 9.64 Å². The van der Waals surface area contributed by atoms with Crippen LogP contribution in [0, 0.1) is 0 Å². The summed E-state index contributed by atoms with van der Waals surface area (Å²) in [6, 6.07) is 36.3. The summed E-state index contributed by atoms with van der Waals surface area (Å²) < 4.78 is 5.45. The van der Waals surface area contributed by atoms with Crippen LogP contribution in [0.3, 0.4) is 0 Å². The SMILES string of the molecule is C/C(=N/NC(=O)c1cc(-c2ccc(-c3ccccc3)cc2)nc2ccccc12)c1ccc(N2CCOCC2)cc1. The molecule has 1 fully saturated rings. The van der Waals surface area contributed by atoms with Crippen LogP contribution in [0.2, 0.25) is 0 Å². The molecule has 0 radical (unpaired) electrons. The number of carbonyl (C=O) groups excluding carboxylic acids is 1. The molecule has 1 amide bonds. The zero-order valence-electron chi connectivity index (χ0n) is 22.4. The Balaban J connectivity index is 1.24. The van der Waals surface area contributed by atoms with Gasteiger partial charge in [0.1, 0.15) is 0 Å². The molecule has 5 aromatic rings. The lowest BCUT2D eigenvalue weighted by Crippen LogP contribution is -2.36. The average molecular weight is 527 g/mol. The van der Waals surface area contributed by atoms with Crippen LogP contribution >= 0.6 is 0 Å². The van der Waals surface area contributed by atoms with Gasteiger partial charge in [0.25, 0.3) is 5.91 Å². The number of anilines is 1. The predicted molar refractivity (Wildman–Crippen MR) is 162 cm³/mol. The summed E-state index contributed by atoms with van der Waals surface area (Å²) in [5.74, 6) is -0.273. The molecular weight excluding hydrogens is 496 g/mol. The van der Waals surface area contributed by atoms with Gasteiger partial charge in [0, 0.05) is 29.7 Å². The number of pyridine rings is 1. The Morgan fingerprint density at radius 2 is 1.45 bits per heavy atom. The Morgan fingerprint density at radius 3 is 2.20 bits per heavy atom. The predicted octanol–water partition coefficient (Wildman–Crippen LogP) is 6.56. The number of hydrogen-bond acceptors (Lipinski definition) is 5. The summed E-state index contributed by atoms with van der Waals surface area (Å²) in [5, 5.41) is 5.21. The van der Waals surface area contributed by atoms with Crippen LogP contribution in [-0.2, 0) is 4.74 Å². The van der Waals surface area contributed by atoms with Crippen molar-refractivity contribution in [2.24, 2.45) is 5.10 Å². The van der Waals surface area contributed by atoms with Crippen LogP contribution < -0.4 is 10.3 Å². The molecule has 0 spiro atoms. The average Bonchev–Trinajstić information content (AvgIpc) is 3.04. The summed E-state index contributed by atoms with van der Waals surface area (Å²) in [4.78, 5) is 20.6. The molecule has 4 aromatic carbocycles. The number of fused-ring (bicyclic) bond motifs is 1. The Labute approximate surface area is 234 Å². The van der Waals surface area contributed by atoms with Gasteiger partial charge in [0.15, 0.2) is 0 Å². The van der Waals surface area contributed by atoms with Gasteiger partial charge in [-0.2, -0.15) is 5.10 Å². The lowest BCUT2D eigenvalue weighted by atomic mass is 10.0. The van der Waals surface area contributed by atoms with Crippen molar-refractivity contribution in [2.75, 3.05) is 31.2 Å². The molecule has 198 valence electrons. The molecular formula is C34H30N4O2. The fourth-order valence-corrected chi connectivity index (χ4v) is 4.97. The number of hydrogen-bond donors (Lipinski definition) is 1. The van der Waals surface area contributed by atoms with Crippen LogP contribution in [0.15, 0.2) is 114 Å². The van der Waals surface area contributed by atoms with E-state index in [-0.39, 0.29) is 5.91 Å². The number of para-hydroxylation sites is 1. The first-order valence-corrected chi connectivity index (χ1v) is 13.5. The minimum atomic E-state index is -0.273. The molecule has 0 atom stereocenters. The zero-order chi connectivity index (χ0) is 27.3. The number of morpholine rings is 1. The van der Waals surface area contributed by atoms with Gasteiger partial charge in [-0.15, -0.1) is 0 Å². The molecule has 0 saturated carbocycles. The van der Waals surface area contributed by atoms with Crippen molar-refractivity contribution in [1.29, 1.82) is 0 Å². The molecule has 1 aliphatic rings. The van der Waals surface area contributed by atoms with Crippen LogP contribution in [0.4, 0.5) is 5.69 Å². The first-order chi connectivity index (χ1) is 19.7. The lowest BCUT2D eigenvalue weighted by Gasteiger charge is -2.28. The minimum Gasteiger partial charge on any atom is -0.378 e. The number of carbonyl (C=O) groups is 1. The zero-order valence-corrected chi connectivity index (χ0v) is 22.4. The van der Waals surface area contributed by atoms with Crippen molar-refractivity contribution >= 4 is 28.2 Å². The Kier molecular flexibility index (Phi) is 7.33. The highest BCUT2D eigenvalue weighted by Crippen LogP contribution is 2.27. The number of ether oxygens (including phenoxy) is 1. The smallest absolute Gasteiger partial charge is 0.272 e. The third kappa shape index (κ3) is 5.48. The van der Waals surface area contributed by atoms with E-state index in [1.807, 2.05) is 79.7 Å². The van der Waals surface area contributed by atoms with Crippen molar-refractivity contribution < 1.29 is 9.53 Å². The normalized spacial score (nSPS) is 13.8. The monoisotopic (exact) mass is 526 g/mol. The highest BCUT2D eigenvalue weighted by atomic mass is 16.5. The topological polar surface area (TPSA) is 66.8 Å². The Bertz CT molecular complexity index is 1660. The van der Waals surface area contributed by atoms with Gasteiger partial charge >= 0.3 is 0 Å². The summed E-state index contributed by atoms with van der Waals surface area (Å²) >= 11 is 0. The minimum absolute atomic E-state index is 0.273. The molecule has 1 saturated heterocycles. The third-order valence-corrected chi connectivity index (χ3v) is 7.24. The second kappa shape index (κ2) is 11.5. The molecule has 1 N–H and O–H groups in total. The second-order valence-corrected chi connectivity index (χ2v) is 9.80. The summed E-state index contributed by atoms with van der Waals surface area (Å²) in [5.41, 5.74) is 10.9. The fourth-order valence-electron chi connectivity index (χ4n) is 4.97. The van der Waals surface area contributed by atoms with Gasteiger partial charge in [-0.1, -0.05) is 84.9 Å². The molecule has 6 rings (SSSR count). The van der Waals surface area contributed by atoms with Gasteiger partial charge in [-0.25, -0.2) is 10.4 Å². The summed E-state index contributed by atoms with van der Waals surface area (Å²) in [6.45, 7) is 5.18. The van der Waals surface area contributed by atoms with Gasteiger partial charge in [0.05, 0.1) is 35.7 Å². The molecule has 2 heterocycles. The van der Waals surface area contributed by atoms with E-state index < -0.39 is 0 Å². The van der Waals surface area contributed by atoms with Crippen LogP contribution in [0.1, 0.15) is 22.8 Å². The highest BCUT2D eigenvalue weighted by Gasteiger charge is 2.15. The first-order valence-electron chi connectivity index (χ1n) is 13.5. The van der Waals surface area contributed by atoms with Crippen molar-refractivity contribution in [3.8, 4) is 22.4 Å². The maximum atomic E-state index is 13.4. The van der Waals surface area contributed by atoms with Crippen molar-refractivity contribution in [3.05, 3.63) is 120 Å². The van der Waals surface area contributed by atoms with E-state index in [2.05, 4.69) is 51.8 Å². The van der Waals surface area contributed by atoms with E-state index in [4.69, 9.17) is 9.72 Å². The van der Waals surface area contributed by atoms with E-state index in [1.165, 1.54) is 0 Å². The Hall–Kier alpha value is -4.81. The largest absolute Gasteiger partial charge is 0.378 e. The second-order valence-electron chi connectivity index (χ2n) is 9.80. The molecule has 1 aliphatic heterocycles. The number of benzene rings is 4. The fraction of sp³-hybridized carbons (Fsp3) is 0.147. The number of rotatable bonds is 6. The van der Waals surface area contributed by atoms with E-state index in [0.717, 1.165) is 76.6 Å². The molecule has 0 unspecified atom stereocenters. The number of aromatic nitrogens is 1. The van der Waals surface area contributed by atoms with Crippen LogP contribution in [0.25, 0.3) is 33.3 Å². The number of hydrazone groups is 1. The maximum Gasteiger partial charge on any atom is 0.272 e. The van der Waals surface area contributed by atoms with E-state index in [9.17, 15) is 4.79 Å². The number of amides is 1. The lowest BCUT2D eigenvalue weighted by molar-refractivity contribution is 0.0956. The van der Waals surface area contributed by atoms with Gasteiger partial charge in [-0.3, -0.25) is 4.79 Å². The van der Waals surface area contributed by atoms with Gasteiger partial charge in [0.2, 0.25) is 0 Å².